The van der Waals surface area contributed by atoms with Crippen LogP contribution in [-0.2, 0) is 9.59 Å². The van der Waals surface area contributed by atoms with Crippen molar-refractivity contribution in [2.45, 2.75) is 77.2 Å². The molecule has 0 heterocycles. The molecule has 0 aliphatic heterocycles. The summed E-state index contributed by atoms with van der Waals surface area (Å²) in [6, 6.07) is 0. The van der Waals surface area contributed by atoms with E-state index >= 15 is 0 Å². The van der Waals surface area contributed by atoms with Crippen LogP contribution in [0.2, 0.25) is 0 Å². The number of ketones is 1. The van der Waals surface area contributed by atoms with Gasteiger partial charge in [-0.05, 0) is 6.42 Å². The summed E-state index contributed by atoms with van der Waals surface area (Å²) < 4.78 is 0. The largest absolute Gasteiger partial charge is 1.00 e. The number of carboxylic acids is 1. The summed E-state index contributed by atoms with van der Waals surface area (Å²) in [4.78, 5) is 21.3. The molecule has 0 aromatic rings. The molecule has 0 aromatic carbocycles. The van der Waals surface area contributed by atoms with E-state index in [1.165, 1.54) is 38.5 Å². The van der Waals surface area contributed by atoms with Crippen LogP contribution in [0.1, 0.15) is 71.1 Å². The van der Waals surface area contributed by atoms with Crippen molar-refractivity contribution in [1.82, 2.24) is 0 Å². The maximum atomic E-state index is 11.1. The van der Waals surface area contributed by atoms with Crippen LogP contribution in [0.5, 0.6) is 0 Å². The van der Waals surface area contributed by atoms with Gasteiger partial charge >= 0.3 is 29.6 Å². The second-order valence-corrected chi connectivity index (χ2v) is 4.77. The zero-order valence-electron chi connectivity index (χ0n) is 12.3. The zero-order valence-corrected chi connectivity index (χ0v) is 14.3. The van der Waals surface area contributed by atoms with Crippen LogP contribution in [0, 0.1) is 0 Å². The summed E-state index contributed by atoms with van der Waals surface area (Å²) in [5.74, 6) is -2.34. The molecule has 1 N–H and O–H groups in total. The summed E-state index contributed by atoms with van der Waals surface area (Å²) in [6.07, 6.45) is 8.35. The van der Waals surface area contributed by atoms with E-state index in [2.05, 4.69) is 6.92 Å². The van der Waals surface area contributed by atoms with Crippen LogP contribution in [0.15, 0.2) is 0 Å². The SMILES string of the molecule is CCCCCCCCCCCC(=O)C(O)C(=O)[O-].[Na+]. The number of hydrogen-bond donors (Lipinski definition) is 1. The van der Waals surface area contributed by atoms with Crippen LogP contribution in [0.25, 0.3) is 0 Å². The Morgan fingerprint density at radius 3 is 1.79 bits per heavy atom. The molecule has 0 saturated carbocycles. The van der Waals surface area contributed by atoms with Crippen molar-refractivity contribution in [3.05, 3.63) is 0 Å². The van der Waals surface area contributed by atoms with Crippen LogP contribution in [0.4, 0.5) is 0 Å². The van der Waals surface area contributed by atoms with Gasteiger partial charge in [-0.1, -0.05) is 58.3 Å². The van der Waals surface area contributed by atoms with Gasteiger partial charge in [0.15, 0.2) is 11.9 Å². The predicted molar refractivity (Wildman–Crippen MR) is 67.9 cm³/mol. The van der Waals surface area contributed by atoms with Crippen LogP contribution in [-0.4, -0.2) is 23.0 Å². The maximum Gasteiger partial charge on any atom is 1.00 e. The first-order valence-electron chi connectivity index (χ1n) is 7.01. The average Bonchev–Trinajstić information content (AvgIpc) is 2.35. The molecule has 0 fully saturated rings. The summed E-state index contributed by atoms with van der Waals surface area (Å²) in [6.45, 7) is 2.19. The Bertz CT molecular complexity index is 244. The molecule has 1 unspecified atom stereocenters. The van der Waals surface area contributed by atoms with E-state index < -0.39 is 17.9 Å². The van der Waals surface area contributed by atoms with Crippen molar-refractivity contribution >= 4 is 11.8 Å². The molecule has 0 amide bonds. The van der Waals surface area contributed by atoms with E-state index in [-0.39, 0.29) is 36.0 Å². The molecule has 0 aliphatic rings. The number of carbonyl (C=O) groups is 2. The molecule has 0 rings (SSSR count). The van der Waals surface area contributed by atoms with E-state index in [1.807, 2.05) is 0 Å². The van der Waals surface area contributed by atoms with E-state index in [9.17, 15) is 14.7 Å². The van der Waals surface area contributed by atoms with Crippen molar-refractivity contribution in [2.75, 3.05) is 0 Å². The van der Waals surface area contributed by atoms with Crippen molar-refractivity contribution in [2.24, 2.45) is 0 Å². The van der Waals surface area contributed by atoms with Gasteiger partial charge in [0.1, 0.15) is 0 Å². The van der Waals surface area contributed by atoms with E-state index in [1.54, 1.807) is 0 Å². The fourth-order valence-electron chi connectivity index (χ4n) is 1.88. The number of hydrogen-bond acceptors (Lipinski definition) is 4. The molecule has 1 atom stereocenters. The average molecular weight is 280 g/mol. The van der Waals surface area contributed by atoms with Gasteiger partial charge in [-0.25, -0.2) is 0 Å². The number of aliphatic hydroxyl groups is 1. The molecule has 0 radical (unpaired) electrons. The van der Waals surface area contributed by atoms with Gasteiger partial charge in [0.2, 0.25) is 0 Å². The van der Waals surface area contributed by atoms with E-state index in [4.69, 9.17) is 5.11 Å². The Kier molecular flexibility index (Phi) is 16.3. The van der Waals surface area contributed by atoms with Crippen LogP contribution >= 0.6 is 0 Å². The molecule has 0 saturated heterocycles. The van der Waals surface area contributed by atoms with Crippen LogP contribution in [0.3, 0.4) is 0 Å². The van der Waals surface area contributed by atoms with Gasteiger partial charge in [-0.3, -0.25) is 4.79 Å². The Morgan fingerprint density at radius 1 is 0.947 bits per heavy atom. The maximum absolute atomic E-state index is 11.1. The normalized spacial score (nSPS) is 11.7. The minimum Gasteiger partial charge on any atom is -0.547 e. The number of aliphatic hydroxyl groups excluding tert-OH is 1. The zero-order chi connectivity index (χ0) is 13.8. The third-order valence-electron chi connectivity index (χ3n) is 3.05. The minimum absolute atomic E-state index is 0. The Hall–Kier alpha value is 0.100. The Morgan fingerprint density at radius 2 is 1.37 bits per heavy atom. The number of rotatable bonds is 12. The van der Waals surface area contributed by atoms with Crippen LogP contribution < -0.4 is 34.7 Å². The van der Waals surface area contributed by atoms with Crippen molar-refractivity contribution in [1.29, 1.82) is 0 Å². The summed E-state index contributed by atoms with van der Waals surface area (Å²) in [7, 11) is 0. The molecular weight excluding hydrogens is 255 g/mol. The minimum atomic E-state index is -1.95. The van der Waals surface area contributed by atoms with Crippen molar-refractivity contribution in [3.8, 4) is 0 Å². The van der Waals surface area contributed by atoms with E-state index in [0.717, 1.165) is 12.8 Å². The smallest absolute Gasteiger partial charge is 0.547 e. The molecule has 0 aliphatic carbocycles. The number of unbranched alkanes of at least 4 members (excludes halogenated alkanes) is 8. The standard InChI is InChI=1S/C14H26O4.Na/c1-2-3-4-5-6-7-8-9-10-11-12(15)13(16)14(17)18;/h13,16H,2-11H2,1H3,(H,17,18);/q;+1/p-1. The number of carboxylic acid groups (broad SMARTS) is 1. The fourth-order valence-corrected chi connectivity index (χ4v) is 1.88. The first kappa shape index (κ1) is 21.4. The molecule has 19 heavy (non-hydrogen) atoms. The van der Waals surface area contributed by atoms with Crippen molar-refractivity contribution in [3.63, 3.8) is 0 Å². The molecule has 5 heteroatoms. The number of Topliss-reactive ketones (excluding diaryl/α,β-unsaturated/α-hetero) is 1. The van der Waals surface area contributed by atoms with Gasteiger partial charge in [0.05, 0.1) is 5.97 Å². The summed E-state index contributed by atoms with van der Waals surface area (Å²) in [5.41, 5.74) is 0. The van der Waals surface area contributed by atoms with Gasteiger partial charge in [-0.2, -0.15) is 0 Å². The fraction of sp³-hybridized carbons (Fsp3) is 0.857. The third-order valence-corrected chi connectivity index (χ3v) is 3.05. The molecule has 0 aromatic heterocycles. The molecule has 0 bridgehead atoms. The third kappa shape index (κ3) is 12.9. The van der Waals surface area contributed by atoms with Gasteiger partial charge in [-0.15, -0.1) is 0 Å². The summed E-state index contributed by atoms with van der Waals surface area (Å²) in [5, 5.41) is 19.1. The second kappa shape index (κ2) is 14.5. The molecule has 106 valence electrons. The van der Waals surface area contributed by atoms with Gasteiger partial charge in [0.25, 0.3) is 0 Å². The van der Waals surface area contributed by atoms with Gasteiger partial charge in [0, 0.05) is 6.42 Å². The molecule has 0 spiro atoms. The molecular formula is C14H25NaO4. The monoisotopic (exact) mass is 280 g/mol. The molecule has 4 nitrogen and oxygen atoms in total. The first-order chi connectivity index (χ1) is 8.59. The van der Waals surface area contributed by atoms with Crippen molar-refractivity contribution < 1.29 is 49.4 Å². The Labute approximate surface area is 138 Å². The van der Waals surface area contributed by atoms with Gasteiger partial charge < -0.3 is 15.0 Å². The number of carbonyl (C=O) groups excluding carboxylic acids is 2. The second-order valence-electron chi connectivity index (χ2n) is 4.77. The Balaban J connectivity index is 0. The summed E-state index contributed by atoms with van der Waals surface area (Å²) >= 11 is 0. The quantitative estimate of drug-likeness (QED) is 0.271. The predicted octanol–water partition coefficient (Wildman–Crippen LogP) is -1.41. The topological polar surface area (TPSA) is 77.4 Å². The number of aliphatic carboxylic acids is 1. The first-order valence-corrected chi connectivity index (χ1v) is 7.01. The van der Waals surface area contributed by atoms with E-state index in [0.29, 0.717) is 6.42 Å².